The van der Waals surface area contributed by atoms with Crippen LogP contribution in [0, 0.1) is 18.8 Å². The molecule has 1 aromatic carbocycles. The highest BCUT2D eigenvalue weighted by atomic mass is 16.6. The van der Waals surface area contributed by atoms with Crippen LogP contribution in [0.25, 0.3) is 0 Å². The molecule has 0 unspecified atom stereocenters. The van der Waals surface area contributed by atoms with E-state index in [4.69, 9.17) is 9.47 Å². The Morgan fingerprint density at radius 2 is 2.29 bits per heavy atom. The van der Waals surface area contributed by atoms with Gasteiger partial charge in [-0.05, 0) is 31.0 Å². The molecule has 2 bridgehead atoms. The Bertz CT molecular complexity index is 728. The molecule has 3 heterocycles. The Labute approximate surface area is 141 Å². The monoisotopic (exact) mass is 327 g/mol. The average Bonchev–Trinajstić information content (AvgIpc) is 3.21. The van der Waals surface area contributed by atoms with E-state index in [1.807, 2.05) is 50.3 Å². The lowest BCUT2D eigenvalue weighted by Gasteiger charge is -2.22. The average molecular weight is 327 g/mol. The van der Waals surface area contributed by atoms with E-state index >= 15 is 0 Å². The molecule has 0 N–H and O–H groups in total. The van der Waals surface area contributed by atoms with Crippen molar-refractivity contribution in [2.24, 2.45) is 11.8 Å². The van der Waals surface area contributed by atoms with E-state index in [1.165, 1.54) is 0 Å². The minimum absolute atomic E-state index is 0.0501. The first-order chi connectivity index (χ1) is 11.6. The van der Waals surface area contributed by atoms with Gasteiger partial charge in [-0.25, -0.2) is 0 Å². The molecule has 4 rings (SSSR count). The van der Waals surface area contributed by atoms with E-state index in [2.05, 4.69) is 0 Å². The van der Waals surface area contributed by atoms with Crippen LogP contribution in [-0.2, 0) is 19.1 Å². The molecule has 0 aromatic heterocycles. The Morgan fingerprint density at radius 3 is 3.04 bits per heavy atom. The highest BCUT2D eigenvalue weighted by Crippen LogP contribution is 2.52. The van der Waals surface area contributed by atoms with Crippen molar-refractivity contribution in [1.82, 2.24) is 0 Å². The molecule has 5 nitrogen and oxygen atoms in total. The van der Waals surface area contributed by atoms with Gasteiger partial charge in [-0.15, -0.1) is 0 Å². The number of amides is 1. The summed E-state index contributed by atoms with van der Waals surface area (Å²) in [7, 11) is 0. The van der Waals surface area contributed by atoms with E-state index in [1.54, 1.807) is 4.90 Å². The molecule has 0 aliphatic carbocycles. The molecule has 2 saturated heterocycles. The van der Waals surface area contributed by atoms with Crippen LogP contribution < -0.4 is 4.90 Å². The number of ether oxygens (including phenoxy) is 2. The third-order valence-corrected chi connectivity index (χ3v) is 5.13. The summed E-state index contributed by atoms with van der Waals surface area (Å²) in [6, 6.07) is 7.83. The number of anilines is 1. The van der Waals surface area contributed by atoms with E-state index in [-0.39, 0.29) is 18.0 Å². The van der Waals surface area contributed by atoms with Crippen LogP contribution in [0.1, 0.15) is 18.9 Å². The SMILES string of the molecule is CCCOC(=O)[C@H]1[C@H]2C(=O)N(c3cccc(C)c3)C[C@]23C=C[C@H]1O3. The highest BCUT2D eigenvalue weighted by molar-refractivity contribution is 6.02. The molecule has 126 valence electrons. The van der Waals surface area contributed by atoms with Gasteiger partial charge in [0, 0.05) is 5.69 Å². The van der Waals surface area contributed by atoms with E-state index < -0.39 is 17.4 Å². The molecule has 1 amide bonds. The molecular formula is C19H21NO4. The van der Waals surface area contributed by atoms with Crippen LogP contribution in [0.15, 0.2) is 36.4 Å². The molecule has 1 spiro atoms. The topological polar surface area (TPSA) is 55.8 Å². The van der Waals surface area contributed by atoms with Gasteiger partial charge in [0.15, 0.2) is 0 Å². The highest BCUT2D eigenvalue weighted by Gasteiger charge is 2.67. The quantitative estimate of drug-likeness (QED) is 0.629. The van der Waals surface area contributed by atoms with Gasteiger partial charge < -0.3 is 14.4 Å². The second-order valence-electron chi connectivity index (χ2n) is 6.83. The van der Waals surface area contributed by atoms with Crippen molar-refractivity contribution in [3.63, 3.8) is 0 Å². The Kier molecular flexibility index (Phi) is 3.49. The second kappa shape index (κ2) is 5.45. The maximum atomic E-state index is 13.1. The summed E-state index contributed by atoms with van der Waals surface area (Å²) in [6.07, 6.45) is 4.28. The summed E-state index contributed by atoms with van der Waals surface area (Å²) in [5.41, 5.74) is 1.25. The first-order valence-electron chi connectivity index (χ1n) is 8.47. The molecule has 5 heteroatoms. The van der Waals surface area contributed by atoms with Gasteiger partial charge in [-0.2, -0.15) is 0 Å². The Morgan fingerprint density at radius 1 is 1.46 bits per heavy atom. The van der Waals surface area contributed by atoms with E-state index in [0.29, 0.717) is 13.2 Å². The lowest BCUT2D eigenvalue weighted by atomic mass is 9.77. The third kappa shape index (κ3) is 2.11. The summed E-state index contributed by atoms with van der Waals surface area (Å²) in [5, 5.41) is 0. The van der Waals surface area contributed by atoms with Gasteiger partial charge in [0.1, 0.15) is 11.5 Å². The molecular weight excluding hydrogens is 306 g/mol. The molecule has 3 aliphatic rings. The lowest BCUT2D eigenvalue weighted by Crippen LogP contribution is -2.40. The fourth-order valence-electron chi connectivity index (χ4n) is 4.08. The number of carbonyl (C=O) groups excluding carboxylic acids is 2. The van der Waals surface area contributed by atoms with Crippen molar-refractivity contribution in [1.29, 1.82) is 0 Å². The number of rotatable bonds is 4. The fourth-order valence-corrected chi connectivity index (χ4v) is 4.08. The lowest BCUT2D eigenvalue weighted by molar-refractivity contribution is -0.152. The van der Waals surface area contributed by atoms with Crippen molar-refractivity contribution in [2.45, 2.75) is 32.0 Å². The Hall–Kier alpha value is -2.14. The number of esters is 1. The zero-order valence-corrected chi connectivity index (χ0v) is 13.9. The smallest absolute Gasteiger partial charge is 0.312 e. The molecule has 2 fully saturated rings. The summed E-state index contributed by atoms with van der Waals surface area (Å²) in [6.45, 7) is 4.77. The van der Waals surface area contributed by atoms with Crippen LogP contribution in [0.5, 0.6) is 0 Å². The fraction of sp³-hybridized carbons (Fsp3) is 0.474. The summed E-state index contributed by atoms with van der Waals surface area (Å²) < 4.78 is 11.4. The number of aryl methyl sites for hydroxylation is 1. The maximum Gasteiger partial charge on any atom is 0.312 e. The van der Waals surface area contributed by atoms with Crippen LogP contribution in [0.2, 0.25) is 0 Å². The first-order valence-corrected chi connectivity index (χ1v) is 8.47. The second-order valence-corrected chi connectivity index (χ2v) is 6.83. The normalized spacial score (nSPS) is 33.2. The van der Waals surface area contributed by atoms with E-state index in [9.17, 15) is 9.59 Å². The van der Waals surface area contributed by atoms with Crippen molar-refractivity contribution >= 4 is 17.6 Å². The number of hydrogen-bond acceptors (Lipinski definition) is 4. The van der Waals surface area contributed by atoms with Crippen LogP contribution in [0.3, 0.4) is 0 Å². The number of fused-ring (bicyclic) bond motifs is 1. The van der Waals surface area contributed by atoms with Gasteiger partial charge in [-0.3, -0.25) is 9.59 Å². The molecule has 0 radical (unpaired) electrons. The Balaban J connectivity index is 1.65. The standard InChI is InChI=1S/C19H21NO4/c1-3-9-23-18(22)15-14-7-8-19(24-14)11-20(17(21)16(15)19)13-6-4-5-12(2)10-13/h4-8,10,14-16H,3,9,11H2,1-2H3/t14-,15-,16+,19-/m1/s1. The van der Waals surface area contributed by atoms with Crippen LogP contribution in [-0.4, -0.2) is 36.7 Å². The molecule has 1 aromatic rings. The number of nitrogens with zero attached hydrogens (tertiary/aromatic N) is 1. The molecule has 3 aliphatic heterocycles. The van der Waals surface area contributed by atoms with Gasteiger partial charge in [-0.1, -0.05) is 31.2 Å². The van der Waals surface area contributed by atoms with E-state index in [0.717, 1.165) is 17.7 Å². The zero-order valence-electron chi connectivity index (χ0n) is 13.9. The van der Waals surface area contributed by atoms with Crippen molar-refractivity contribution in [3.05, 3.63) is 42.0 Å². The van der Waals surface area contributed by atoms with Gasteiger partial charge in [0.25, 0.3) is 0 Å². The summed E-state index contributed by atoms with van der Waals surface area (Å²) in [5.74, 6) is -1.40. The van der Waals surface area contributed by atoms with Crippen LogP contribution >= 0.6 is 0 Å². The number of hydrogen-bond donors (Lipinski definition) is 0. The zero-order chi connectivity index (χ0) is 16.9. The van der Waals surface area contributed by atoms with Gasteiger partial charge in [0.2, 0.25) is 5.91 Å². The minimum atomic E-state index is -0.693. The molecule has 4 atom stereocenters. The molecule has 0 saturated carbocycles. The number of carbonyl (C=O) groups is 2. The first kappa shape index (κ1) is 15.4. The third-order valence-electron chi connectivity index (χ3n) is 5.13. The number of benzene rings is 1. The largest absolute Gasteiger partial charge is 0.465 e. The van der Waals surface area contributed by atoms with Crippen LogP contribution in [0.4, 0.5) is 5.69 Å². The van der Waals surface area contributed by atoms with Crippen molar-refractivity contribution in [3.8, 4) is 0 Å². The summed E-state index contributed by atoms with van der Waals surface area (Å²) >= 11 is 0. The predicted octanol–water partition coefficient (Wildman–Crippen LogP) is 2.23. The summed E-state index contributed by atoms with van der Waals surface area (Å²) in [4.78, 5) is 27.3. The van der Waals surface area contributed by atoms with Gasteiger partial charge in [0.05, 0.1) is 25.2 Å². The predicted molar refractivity (Wildman–Crippen MR) is 88.5 cm³/mol. The minimum Gasteiger partial charge on any atom is -0.465 e. The molecule has 24 heavy (non-hydrogen) atoms. The van der Waals surface area contributed by atoms with Crippen molar-refractivity contribution < 1.29 is 19.1 Å². The van der Waals surface area contributed by atoms with Crippen molar-refractivity contribution in [2.75, 3.05) is 18.1 Å². The van der Waals surface area contributed by atoms with Gasteiger partial charge >= 0.3 is 5.97 Å². The maximum absolute atomic E-state index is 13.1.